The van der Waals surface area contributed by atoms with Gasteiger partial charge in [-0.15, -0.1) is 0 Å². The maximum atomic E-state index is 2.33. The third kappa shape index (κ3) is 1.85. The van der Waals surface area contributed by atoms with Crippen molar-refractivity contribution in [2.75, 3.05) is 11.9 Å². The van der Waals surface area contributed by atoms with E-state index < -0.39 is 0 Å². The number of benzene rings is 2. The summed E-state index contributed by atoms with van der Waals surface area (Å²) in [6, 6.07) is 17.6. The molecule has 0 aromatic heterocycles. The lowest BCUT2D eigenvalue weighted by molar-refractivity contribution is 0.357. The monoisotopic (exact) mass is 251 g/mol. The van der Waals surface area contributed by atoms with E-state index >= 15 is 0 Å². The molecule has 0 unspecified atom stereocenters. The average molecular weight is 251 g/mol. The molecule has 0 saturated heterocycles. The number of hydrogen-bond donors (Lipinski definition) is 0. The topological polar surface area (TPSA) is 3.24 Å². The Morgan fingerprint density at radius 3 is 1.63 bits per heavy atom. The van der Waals surface area contributed by atoms with Crippen LogP contribution in [0.1, 0.15) is 37.8 Å². The number of para-hydroxylation sites is 2. The number of anilines is 2. The lowest BCUT2D eigenvalue weighted by Gasteiger charge is -2.41. The first-order chi connectivity index (χ1) is 9.00. The highest BCUT2D eigenvalue weighted by Crippen LogP contribution is 2.51. The quantitative estimate of drug-likeness (QED) is 0.640. The van der Waals surface area contributed by atoms with E-state index in [0.29, 0.717) is 5.92 Å². The van der Waals surface area contributed by atoms with Crippen molar-refractivity contribution in [1.82, 2.24) is 0 Å². The Hall–Kier alpha value is -1.76. The Labute approximate surface area is 115 Å². The van der Waals surface area contributed by atoms with Crippen LogP contribution in [0.25, 0.3) is 0 Å². The second kappa shape index (κ2) is 4.12. The smallest absolute Gasteiger partial charge is 0.0447 e. The minimum absolute atomic E-state index is 0.216. The Bertz CT molecular complexity index is 560. The fourth-order valence-electron chi connectivity index (χ4n) is 3.30. The predicted octanol–water partition coefficient (Wildman–Crippen LogP) is 4.95. The molecule has 98 valence electrons. The van der Waals surface area contributed by atoms with Gasteiger partial charge in [-0.05, 0) is 28.7 Å². The predicted molar refractivity (Wildman–Crippen MR) is 82.2 cm³/mol. The molecule has 0 radical (unpaired) electrons. The molecule has 0 fully saturated rings. The van der Waals surface area contributed by atoms with E-state index in [1.807, 2.05) is 0 Å². The molecule has 1 heteroatoms. The van der Waals surface area contributed by atoms with Gasteiger partial charge in [0.1, 0.15) is 0 Å². The molecule has 2 aromatic carbocycles. The van der Waals surface area contributed by atoms with Gasteiger partial charge < -0.3 is 4.90 Å². The molecule has 1 aliphatic heterocycles. The van der Waals surface area contributed by atoms with Crippen molar-refractivity contribution in [3.63, 3.8) is 0 Å². The van der Waals surface area contributed by atoms with E-state index in [0.717, 1.165) is 0 Å². The molecule has 2 aromatic rings. The summed E-state index contributed by atoms with van der Waals surface area (Å²) in [5.41, 5.74) is 5.77. The summed E-state index contributed by atoms with van der Waals surface area (Å²) >= 11 is 0. The standard InChI is InChI=1S/C18H21N/c1-18(2,3)17-13-9-5-7-11-15(13)19(4)16-12-8-6-10-14(16)17/h5-12,17H,1-4H3. The molecule has 3 rings (SSSR count). The summed E-state index contributed by atoms with van der Waals surface area (Å²) in [4.78, 5) is 2.31. The van der Waals surface area contributed by atoms with E-state index in [1.54, 1.807) is 0 Å². The van der Waals surface area contributed by atoms with Crippen molar-refractivity contribution in [3.8, 4) is 0 Å². The van der Waals surface area contributed by atoms with Gasteiger partial charge in [0.05, 0.1) is 0 Å². The van der Waals surface area contributed by atoms with Gasteiger partial charge in [0, 0.05) is 24.3 Å². The van der Waals surface area contributed by atoms with Crippen molar-refractivity contribution < 1.29 is 0 Å². The van der Waals surface area contributed by atoms with Crippen LogP contribution in [0, 0.1) is 5.41 Å². The number of hydrogen-bond acceptors (Lipinski definition) is 1. The molecule has 1 aliphatic rings. The normalized spacial score (nSPS) is 15.1. The molecule has 0 N–H and O–H groups in total. The van der Waals surface area contributed by atoms with Gasteiger partial charge in [-0.1, -0.05) is 57.2 Å². The van der Waals surface area contributed by atoms with Crippen LogP contribution in [0.4, 0.5) is 11.4 Å². The molecule has 1 nitrogen and oxygen atoms in total. The summed E-state index contributed by atoms with van der Waals surface area (Å²) in [5, 5.41) is 0. The van der Waals surface area contributed by atoms with E-state index in [9.17, 15) is 0 Å². The molecule has 0 amide bonds. The Balaban J connectivity index is 2.30. The second-order valence-corrected chi connectivity index (χ2v) is 6.48. The zero-order chi connectivity index (χ0) is 13.6. The highest BCUT2D eigenvalue weighted by Gasteiger charge is 2.35. The molecule has 0 spiro atoms. The molecule has 0 aliphatic carbocycles. The van der Waals surface area contributed by atoms with Crippen LogP contribution < -0.4 is 4.90 Å². The minimum Gasteiger partial charge on any atom is -0.344 e. The summed E-state index contributed by atoms with van der Waals surface area (Å²) in [5.74, 6) is 0.455. The first-order valence-corrected chi connectivity index (χ1v) is 6.92. The van der Waals surface area contributed by atoms with Gasteiger partial charge in [-0.2, -0.15) is 0 Å². The number of rotatable bonds is 0. The van der Waals surface area contributed by atoms with Crippen LogP contribution >= 0.6 is 0 Å². The van der Waals surface area contributed by atoms with E-state index in [2.05, 4.69) is 81.2 Å². The highest BCUT2D eigenvalue weighted by atomic mass is 15.1. The molecular weight excluding hydrogens is 230 g/mol. The average Bonchev–Trinajstić information content (AvgIpc) is 2.38. The summed E-state index contributed by atoms with van der Waals surface area (Å²) in [6.45, 7) is 6.99. The van der Waals surface area contributed by atoms with E-state index in [4.69, 9.17) is 0 Å². The Kier molecular flexibility index (Phi) is 2.67. The van der Waals surface area contributed by atoms with Crippen molar-refractivity contribution in [3.05, 3.63) is 59.7 Å². The molecule has 0 atom stereocenters. The van der Waals surface area contributed by atoms with Crippen molar-refractivity contribution in [2.24, 2.45) is 5.41 Å². The van der Waals surface area contributed by atoms with E-state index in [-0.39, 0.29) is 5.41 Å². The molecule has 19 heavy (non-hydrogen) atoms. The molecule has 0 saturated carbocycles. The summed E-state index contributed by atoms with van der Waals surface area (Å²) < 4.78 is 0. The Morgan fingerprint density at radius 1 is 0.789 bits per heavy atom. The minimum atomic E-state index is 0.216. The van der Waals surface area contributed by atoms with Gasteiger partial charge in [-0.25, -0.2) is 0 Å². The number of fused-ring (bicyclic) bond motifs is 2. The van der Waals surface area contributed by atoms with Crippen molar-refractivity contribution in [1.29, 1.82) is 0 Å². The maximum absolute atomic E-state index is 2.33. The van der Waals surface area contributed by atoms with Crippen molar-refractivity contribution >= 4 is 11.4 Å². The van der Waals surface area contributed by atoms with Gasteiger partial charge >= 0.3 is 0 Å². The van der Waals surface area contributed by atoms with Gasteiger partial charge in [0.25, 0.3) is 0 Å². The zero-order valence-corrected chi connectivity index (χ0v) is 12.1. The first kappa shape index (κ1) is 12.3. The lowest BCUT2D eigenvalue weighted by Crippen LogP contribution is -2.28. The third-order valence-electron chi connectivity index (χ3n) is 4.08. The van der Waals surface area contributed by atoms with Crippen LogP contribution in [0.15, 0.2) is 48.5 Å². The molecule has 1 heterocycles. The fraction of sp³-hybridized carbons (Fsp3) is 0.333. The SMILES string of the molecule is CN1c2ccccc2C(C(C)(C)C)c2ccccc21. The van der Waals surface area contributed by atoms with Crippen molar-refractivity contribution in [2.45, 2.75) is 26.7 Å². The lowest BCUT2D eigenvalue weighted by atomic mass is 9.70. The van der Waals surface area contributed by atoms with Crippen LogP contribution in [0.5, 0.6) is 0 Å². The molecular formula is C18H21N. The first-order valence-electron chi connectivity index (χ1n) is 6.92. The number of nitrogens with zero attached hydrogens (tertiary/aromatic N) is 1. The van der Waals surface area contributed by atoms with Gasteiger partial charge in [-0.3, -0.25) is 0 Å². The highest BCUT2D eigenvalue weighted by molar-refractivity contribution is 5.75. The second-order valence-electron chi connectivity index (χ2n) is 6.48. The van der Waals surface area contributed by atoms with Crippen LogP contribution in [-0.4, -0.2) is 7.05 Å². The summed E-state index contributed by atoms with van der Waals surface area (Å²) in [6.07, 6.45) is 0. The third-order valence-corrected chi connectivity index (χ3v) is 4.08. The summed E-state index contributed by atoms with van der Waals surface area (Å²) in [7, 11) is 2.16. The van der Waals surface area contributed by atoms with Gasteiger partial charge in [0.2, 0.25) is 0 Å². The zero-order valence-electron chi connectivity index (χ0n) is 12.1. The van der Waals surface area contributed by atoms with Gasteiger partial charge in [0.15, 0.2) is 0 Å². The largest absolute Gasteiger partial charge is 0.344 e. The van der Waals surface area contributed by atoms with E-state index in [1.165, 1.54) is 22.5 Å². The van der Waals surface area contributed by atoms with Crippen LogP contribution in [0.3, 0.4) is 0 Å². The fourth-order valence-corrected chi connectivity index (χ4v) is 3.30. The molecule has 0 bridgehead atoms. The van der Waals surface area contributed by atoms with Crippen LogP contribution in [-0.2, 0) is 0 Å². The maximum Gasteiger partial charge on any atom is 0.0447 e. The van der Waals surface area contributed by atoms with Crippen LogP contribution in [0.2, 0.25) is 0 Å². The Morgan fingerprint density at radius 2 is 1.21 bits per heavy atom.